The van der Waals surface area contributed by atoms with E-state index in [1.807, 2.05) is 0 Å². The summed E-state index contributed by atoms with van der Waals surface area (Å²) in [7, 11) is 0. The normalized spacial score (nSPS) is 11.8. The molecule has 0 saturated carbocycles. The highest BCUT2D eigenvalue weighted by Crippen LogP contribution is 2.44. The van der Waals surface area contributed by atoms with Gasteiger partial charge in [0.1, 0.15) is 5.58 Å². The van der Waals surface area contributed by atoms with E-state index < -0.39 is 0 Å². The van der Waals surface area contributed by atoms with Crippen LogP contribution in [-0.2, 0) is 0 Å². The van der Waals surface area contributed by atoms with Crippen LogP contribution in [0, 0.1) is 0 Å². The van der Waals surface area contributed by atoms with Gasteiger partial charge in [-0.05, 0) is 116 Å². The lowest BCUT2D eigenvalue weighted by molar-refractivity contribution is 0.673. The second-order valence-corrected chi connectivity index (χ2v) is 16.5. The van der Waals surface area contributed by atoms with Crippen LogP contribution in [0.3, 0.4) is 0 Å². The monoisotopic (exact) mass is 802 g/mol. The molecule has 3 nitrogen and oxygen atoms in total. The smallest absolute Gasteiger partial charge is 0.159 e. The Bertz CT molecular complexity index is 3860. The van der Waals surface area contributed by atoms with E-state index in [-0.39, 0.29) is 0 Å². The van der Waals surface area contributed by atoms with Gasteiger partial charge in [0, 0.05) is 44.0 Å². The molecule has 0 radical (unpaired) electrons. The molecule has 3 heteroatoms. The van der Waals surface area contributed by atoms with Gasteiger partial charge < -0.3 is 13.9 Å². The Morgan fingerprint density at radius 1 is 0.302 bits per heavy atom. The van der Waals surface area contributed by atoms with Crippen LogP contribution >= 0.6 is 0 Å². The number of hydrogen-bond acceptors (Lipinski definition) is 2. The van der Waals surface area contributed by atoms with Crippen molar-refractivity contribution < 1.29 is 4.42 Å². The fourth-order valence-electron chi connectivity index (χ4n) is 9.93. The lowest BCUT2D eigenvalue weighted by Gasteiger charge is -2.26. The number of fused-ring (bicyclic) bond motifs is 11. The second kappa shape index (κ2) is 14.1. The number of para-hydroxylation sites is 3. The minimum atomic E-state index is 0.859. The zero-order chi connectivity index (χ0) is 41.4. The number of aromatic nitrogens is 1. The van der Waals surface area contributed by atoms with Gasteiger partial charge in [-0.15, -0.1) is 0 Å². The van der Waals surface area contributed by atoms with Crippen molar-refractivity contribution in [2.45, 2.75) is 0 Å². The van der Waals surface area contributed by atoms with Crippen LogP contribution in [0.1, 0.15) is 0 Å². The Morgan fingerprint density at radius 3 is 1.49 bits per heavy atom. The van der Waals surface area contributed by atoms with Gasteiger partial charge in [0.25, 0.3) is 0 Å². The largest absolute Gasteiger partial charge is 0.453 e. The Labute approximate surface area is 363 Å². The fourth-order valence-corrected chi connectivity index (χ4v) is 9.93. The summed E-state index contributed by atoms with van der Waals surface area (Å²) < 4.78 is 9.33. The first kappa shape index (κ1) is 35.4. The average molecular weight is 803 g/mol. The van der Waals surface area contributed by atoms with Crippen LogP contribution in [0.4, 0.5) is 17.1 Å². The van der Waals surface area contributed by atoms with Gasteiger partial charge in [0.15, 0.2) is 5.58 Å². The minimum absolute atomic E-state index is 0.859. The molecule has 0 bridgehead atoms. The van der Waals surface area contributed by atoms with Crippen molar-refractivity contribution in [3.05, 3.63) is 231 Å². The molecular formula is C60H38N2O. The zero-order valence-corrected chi connectivity index (χ0v) is 34.2. The maximum atomic E-state index is 6.95. The minimum Gasteiger partial charge on any atom is -0.453 e. The van der Waals surface area contributed by atoms with E-state index in [4.69, 9.17) is 4.42 Å². The van der Waals surface area contributed by atoms with Crippen molar-refractivity contribution >= 4 is 93.1 Å². The van der Waals surface area contributed by atoms with Crippen molar-refractivity contribution in [3.8, 4) is 27.9 Å². The van der Waals surface area contributed by atoms with Crippen LogP contribution < -0.4 is 4.90 Å². The molecule has 294 valence electrons. The molecular weight excluding hydrogens is 765 g/mol. The molecule has 0 unspecified atom stereocenters. The van der Waals surface area contributed by atoms with Crippen LogP contribution in [0.2, 0.25) is 0 Å². The Morgan fingerprint density at radius 2 is 0.794 bits per heavy atom. The molecule has 0 saturated heterocycles. The highest BCUT2D eigenvalue weighted by molar-refractivity contribution is 6.18. The van der Waals surface area contributed by atoms with Gasteiger partial charge >= 0.3 is 0 Å². The number of hydrogen-bond donors (Lipinski definition) is 0. The van der Waals surface area contributed by atoms with E-state index in [9.17, 15) is 0 Å². The van der Waals surface area contributed by atoms with E-state index in [1.54, 1.807) is 0 Å². The quantitative estimate of drug-likeness (QED) is 0.156. The SMILES string of the molecule is c1cc(-c2ccc(N(c3ccc(-c4ccc5ccc6ccccc6c5c4)cc3)c3cccc4c3oc3c5ccccc5ccc43)cc2)cc(-n2c3ccccc3c3ccccc32)c1. The fraction of sp³-hybridized carbons (Fsp3) is 0. The van der Waals surface area contributed by atoms with E-state index in [0.29, 0.717) is 0 Å². The average Bonchev–Trinajstić information content (AvgIpc) is 3.91. The van der Waals surface area contributed by atoms with E-state index in [0.717, 1.165) is 66.6 Å². The standard InChI is InChI=1S/C60H38N2O/c1-3-15-49-41(11-1)23-24-43-25-26-45(38-55(43)49)40-29-34-47(35-30-40)61(58-22-10-19-53-54-36-31-42-12-2-4-16-50(42)59(54)63-60(53)58)46-32-27-39(28-33-46)44-13-9-14-48(37-44)62-56-20-7-5-17-51(56)52-18-6-8-21-57(52)62/h1-38H. The lowest BCUT2D eigenvalue weighted by Crippen LogP contribution is -2.10. The first-order valence-corrected chi connectivity index (χ1v) is 21.6. The number of nitrogens with zero attached hydrogens (tertiary/aromatic N) is 2. The first-order chi connectivity index (χ1) is 31.2. The van der Waals surface area contributed by atoms with Crippen molar-refractivity contribution in [1.82, 2.24) is 4.57 Å². The summed E-state index contributed by atoms with van der Waals surface area (Å²) in [6.07, 6.45) is 0. The maximum Gasteiger partial charge on any atom is 0.159 e. The molecule has 0 spiro atoms. The summed E-state index contributed by atoms with van der Waals surface area (Å²) in [5, 5.41) is 12.0. The number of rotatable bonds is 6. The van der Waals surface area contributed by atoms with Crippen molar-refractivity contribution in [1.29, 1.82) is 0 Å². The lowest BCUT2D eigenvalue weighted by atomic mass is 9.97. The Balaban J connectivity index is 0.936. The summed E-state index contributed by atoms with van der Waals surface area (Å²) in [6, 6.07) is 83.4. The molecule has 11 aromatic carbocycles. The maximum absolute atomic E-state index is 6.95. The third-order valence-electron chi connectivity index (χ3n) is 13.0. The van der Waals surface area contributed by atoms with Gasteiger partial charge in [-0.2, -0.15) is 0 Å². The molecule has 0 amide bonds. The van der Waals surface area contributed by atoms with Crippen molar-refractivity contribution in [2.24, 2.45) is 0 Å². The zero-order valence-electron chi connectivity index (χ0n) is 34.2. The number of anilines is 3. The topological polar surface area (TPSA) is 21.3 Å². The number of benzene rings is 11. The van der Waals surface area contributed by atoms with E-state index >= 15 is 0 Å². The molecule has 2 aromatic heterocycles. The van der Waals surface area contributed by atoms with Crippen LogP contribution in [0.25, 0.3) is 104 Å². The van der Waals surface area contributed by atoms with E-state index in [2.05, 4.69) is 240 Å². The molecule has 13 rings (SSSR count). The molecule has 0 fully saturated rings. The van der Waals surface area contributed by atoms with E-state index in [1.165, 1.54) is 54.5 Å². The molecule has 13 aromatic rings. The summed E-state index contributed by atoms with van der Waals surface area (Å²) in [5.41, 5.74) is 13.0. The van der Waals surface area contributed by atoms with Gasteiger partial charge in [-0.3, -0.25) is 0 Å². The molecule has 0 aliphatic rings. The highest BCUT2D eigenvalue weighted by Gasteiger charge is 2.21. The van der Waals surface area contributed by atoms with Crippen molar-refractivity contribution in [2.75, 3.05) is 4.90 Å². The number of furan rings is 1. The third-order valence-corrected chi connectivity index (χ3v) is 13.0. The first-order valence-electron chi connectivity index (χ1n) is 21.6. The van der Waals surface area contributed by atoms with Crippen LogP contribution in [0.15, 0.2) is 235 Å². The summed E-state index contributed by atoms with van der Waals surface area (Å²) in [5.74, 6) is 0. The Kier molecular flexibility index (Phi) is 7.91. The van der Waals surface area contributed by atoms with Gasteiger partial charge in [-0.1, -0.05) is 164 Å². The van der Waals surface area contributed by atoms with Gasteiger partial charge in [-0.25, -0.2) is 0 Å². The molecule has 63 heavy (non-hydrogen) atoms. The second-order valence-electron chi connectivity index (χ2n) is 16.5. The van der Waals surface area contributed by atoms with Crippen LogP contribution in [0.5, 0.6) is 0 Å². The molecule has 0 aliphatic carbocycles. The summed E-state index contributed by atoms with van der Waals surface area (Å²) in [6.45, 7) is 0. The predicted molar refractivity (Wildman–Crippen MR) is 266 cm³/mol. The third kappa shape index (κ3) is 5.67. The summed E-state index contributed by atoms with van der Waals surface area (Å²) >= 11 is 0. The van der Waals surface area contributed by atoms with Crippen molar-refractivity contribution in [3.63, 3.8) is 0 Å². The molecule has 0 N–H and O–H groups in total. The molecule has 0 atom stereocenters. The highest BCUT2D eigenvalue weighted by atomic mass is 16.3. The van der Waals surface area contributed by atoms with Crippen LogP contribution in [-0.4, -0.2) is 4.57 Å². The summed E-state index contributed by atoms with van der Waals surface area (Å²) in [4.78, 5) is 2.34. The van der Waals surface area contributed by atoms with Gasteiger partial charge in [0.05, 0.1) is 16.7 Å². The molecule has 2 heterocycles. The molecule has 0 aliphatic heterocycles. The predicted octanol–water partition coefficient (Wildman–Crippen LogP) is 16.9. The Hall–Kier alpha value is -8.40. The van der Waals surface area contributed by atoms with Gasteiger partial charge in [0.2, 0.25) is 0 Å².